The predicted octanol–water partition coefficient (Wildman–Crippen LogP) is 2.73. The Labute approximate surface area is 138 Å². The number of rotatable bonds is 7. The Morgan fingerprint density at radius 2 is 2.20 bits per heavy atom. The molecule has 0 amide bonds. The molecular formula is C15H24IN3O. The van der Waals surface area contributed by atoms with Gasteiger partial charge in [-0.05, 0) is 38.0 Å². The summed E-state index contributed by atoms with van der Waals surface area (Å²) in [6.07, 6.45) is 0.879. The molecule has 0 aliphatic heterocycles. The Morgan fingerprint density at radius 3 is 2.85 bits per heavy atom. The first-order chi connectivity index (χ1) is 9.11. The van der Waals surface area contributed by atoms with Crippen LogP contribution < -0.4 is 15.8 Å². The summed E-state index contributed by atoms with van der Waals surface area (Å²) < 4.78 is 5.46. The molecule has 0 aliphatic carbocycles. The van der Waals surface area contributed by atoms with Gasteiger partial charge in [0.2, 0.25) is 0 Å². The van der Waals surface area contributed by atoms with Gasteiger partial charge in [-0.15, -0.1) is 24.0 Å². The molecule has 0 bridgehead atoms. The lowest BCUT2D eigenvalue weighted by molar-refractivity contribution is 0.340. The molecule has 5 heteroatoms. The summed E-state index contributed by atoms with van der Waals surface area (Å²) in [7, 11) is 0. The lowest BCUT2D eigenvalue weighted by Gasteiger charge is -2.08. The highest BCUT2D eigenvalue weighted by Crippen LogP contribution is 2.13. The molecule has 0 saturated heterocycles. The van der Waals surface area contributed by atoms with Gasteiger partial charge in [-0.2, -0.15) is 0 Å². The Morgan fingerprint density at radius 1 is 1.45 bits per heavy atom. The molecule has 0 atom stereocenters. The summed E-state index contributed by atoms with van der Waals surface area (Å²) >= 11 is 0. The number of benzene rings is 1. The van der Waals surface area contributed by atoms with Crippen molar-refractivity contribution >= 4 is 29.9 Å². The number of hydrogen-bond acceptors (Lipinski definition) is 2. The summed E-state index contributed by atoms with van der Waals surface area (Å²) in [4.78, 5) is 4.16. The van der Waals surface area contributed by atoms with Gasteiger partial charge in [0.05, 0.1) is 13.2 Å². The van der Waals surface area contributed by atoms with E-state index in [1.54, 1.807) is 0 Å². The van der Waals surface area contributed by atoms with Gasteiger partial charge < -0.3 is 15.8 Å². The van der Waals surface area contributed by atoms with Crippen molar-refractivity contribution in [1.82, 2.24) is 5.32 Å². The Balaban J connectivity index is 0.00000361. The first-order valence-corrected chi connectivity index (χ1v) is 6.51. The maximum Gasteiger partial charge on any atom is 0.188 e. The van der Waals surface area contributed by atoms with Gasteiger partial charge in [0.1, 0.15) is 5.75 Å². The fourth-order valence-electron chi connectivity index (χ4n) is 1.57. The smallest absolute Gasteiger partial charge is 0.188 e. The molecule has 0 saturated carbocycles. The second-order valence-electron chi connectivity index (χ2n) is 4.42. The maximum atomic E-state index is 5.74. The number of ether oxygens (including phenoxy) is 1. The van der Waals surface area contributed by atoms with Gasteiger partial charge in [0, 0.05) is 6.54 Å². The number of aliphatic imine (C=N–C) groups is 1. The number of hydrogen-bond donors (Lipinski definition) is 2. The zero-order chi connectivity index (χ0) is 14.1. The zero-order valence-electron chi connectivity index (χ0n) is 12.2. The lowest BCUT2D eigenvalue weighted by atomic mass is 10.1. The molecular weight excluding hydrogens is 365 g/mol. The van der Waals surface area contributed by atoms with Gasteiger partial charge in [-0.3, -0.25) is 0 Å². The number of halogens is 1. The van der Waals surface area contributed by atoms with Crippen LogP contribution in [-0.2, 0) is 6.42 Å². The molecule has 112 valence electrons. The summed E-state index contributed by atoms with van der Waals surface area (Å²) in [5.74, 6) is 1.37. The molecule has 0 spiro atoms. The fraction of sp³-hybridized carbons (Fsp3) is 0.400. The standard InChI is InChI=1S/C15H23N3O.HI/c1-4-19-14-7-5-6-13(10-14)8-9-17-15(16)18-11-12(2)3;/h5-7,10H,2,4,8-9,11H2,1,3H3,(H3,16,17,18);1H. The van der Waals surface area contributed by atoms with Crippen molar-refractivity contribution in [2.24, 2.45) is 10.7 Å². The average molecular weight is 389 g/mol. The van der Waals surface area contributed by atoms with E-state index in [-0.39, 0.29) is 24.0 Å². The minimum atomic E-state index is 0. The molecule has 0 fully saturated rings. The van der Waals surface area contributed by atoms with Crippen LogP contribution in [0.3, 0.4) is 0 Å². The monoisotopic (exact) mass is 389 g/mol. The second kappa shape index (κ2) is 10.5. The third kappa shape index (κ3) is 8.04. The van der Waals surface area contributed by atoms with E-state index in [0.29, 0.717) is 19.1 Å². The van der Waals surface area contributed by atoms with Crippen LogP contribution >= 0.6 is 24.0 Å². The van der Waals surface area contributed by atoms with Crippen LogP contribution in [0.15, 0.2) is 41.4 Å². The van der Waals surface area contributed by atoms with E-state index in [9.17, 15) is 0 Å². The molecule has 0 aliphatic rings. The van der Waals surface area contributed by atoms with Gasteiger partial charge >= 0.3 is 0 Å². The lowest BCUT2D eigenvalue weighted by Crippen LogP contribution is -2.33. The van der Waals surface area contributed by atoms with Crippen LogP contribution in [0.5, 0.6) is 5.75 Å². The van der Waals surface area contributed by atoms with E-state index < -0.39 is 0 Å². The zero-order valence-corrected chi connectivity index (χ0v) is 14.5. The highest BCUT2D eigenvalue weighted by Gasteiger charge is 1.97. The summed E-state index contributed by atoms with van der Waals surface area (Å²) in [6.45, 7) is 9.69. The van der Waals surface area contributed by atoms with E-state index in [2.05, 4.69) is 23.0 Å². The average Bonchev–Trinajstić information content (AvgIpc) is 2.37. The van der Waals surface area contributed by atoms with E-state index in [0.717, 1.165) is 24.3 Å². The molecule has 0 radical (unpaired) electrons. The molecule has 0 aromatic heterocycles. The van der Waals surface area contributed by atoms with Crippen molar-refractivity contribution < 1.29 is 4.74 Å². The highest BCUT2D eigenvalue weighted by atomic mass is 127. The van der Waals surface area contributed by atoms with Gasteiger partial charge in [-0.25, -0.2) is 4.99 Å². The minimum Gasteiger partial charge on any atom is -0.494 e. The van der Waals surface area contributed by atoms with Crippen molar-refractivity contribution in [3.63, 3.8) is 0 Å². The highest BCUT2D eigenvalue weighted by molar-refractivity contribution is 14.0. The number of nitrogens with two attached hydrogens (primary N) is 1. The van der Waals surface area contributed by atoms with Crippen molar-refractivity contribution in [3.8, 4) is 5.75 Å². The van der Waals surface area contributed by atoms with E-state index in [1.165, 1.54) is 5.56 Å². The molecule has 3 N–H and O–H groups in total. The van der Waals surface area contributed by atoms with E-state index in [1.807, 2.05) is 32.0 Å². The molecule has 4 nitrogen and oxygen atoms in total. The summed E-state index contributed by atoms with van der Waals surface area (Å²) in [5.41, 5.74) is 7.95. The first kappa shape index (κ1) is 18.8. The van der Waals surface area contributed by atoms with Crippen molar-refractivity contribution in [2.45, 2.75) is 20.3 Å². The van der Waals surface area contributed by atoms with Crippen LogP contribution in [-0.4, -0.2) is 25.7 Å². The number of nitrogens with zero attached hydrogens (tertiary/aromatic N) is 1. The Kier molecular flexibility index (Phi) is 9.88. The molecule has 0 heterocycles. The maximum absolute atomic E-state index is 5.74. The van der Waals surface area contributed by atoms with Crippen LogP contribution in [0.2, 0.25) is 0 Å². The first-order valence-electron chi connectivity index (χ1n) is 6.51. The minimum absolute atomic E-state index is 0. The molecule has 20 heavy (non-hydrogen) atoms. The second-order valence-corrected chi connectivity index (χ2v) is 4.42. The van der Waals surface area contributed by atoms with Crippen LogP contribution in [0, 0.1) is 0 Å². The van der Waals surface area contributed by atoms with Crippen molar-refractivity contribution in [3.05, 3.63) is 42.0 Å². The van der Waals surface area contributed by atoms with Crippen LogP contribution in [0.25, 0.3) is 0 Å². The van der Waals surface area contributed by atoms with Crippen molar-refractivity contribution in [1.29, 1.82) is 0 Å². The van der Waals surface area contributed by atoms with Crippen LogP contribution in [0.4, 0.5) is 0 Å². The van der Waals surface area contributed by atoms with E-state index >= 15 is 0 Å². The molecule has 1 aromatic carbocycles. The predicted molar refractivity (Wildman–Crippen MR) is 96.0 cm³/mol. The molecule has 0 unspecified atom stereocenters. The van der Waals surface area contributed by atoms with Gasteiger partial charge in [0.15, 0.2) is 5.96 Å². The van der Waals surface area contributed by atoms with Gasteiger partial charge in [0.25, 0.3) is 0 Å². The van der Waals surface area contributed by atoms with E-state index in [4.69, 9.17) is 10.5 Å². The topological polar surface area (TPSA) is 59.6 Å². The van der Waals surface area contributed by atoms with Gasteiger partial charge in [-0.1, -0.05) is 24.3 Å². The van der Waals surface area contributed by atoms with Crippen LogP contribution in [0.1, 0.15) is 19.4 Å². The van der Waals surface area contributed by atoms with Crippen molar-refractivity contribution in [2.75, 3.05) is 19.7 Å². The fourth-order valence-corrected chi connectivity index (χ4v) is 1.57. The largest absolute Gasteiger partial charge is 0.494 e. The third-order valence-electron chi connectivity index (χ3n) is 2.45. The summed E-state index contributed by atoms with van der Waals surface area (Å²) in [5, 5.41) is 3.08. The SMILES string of the molecule is C=C(C)CN=C(N)NCCc1cccc(OCC)c1.I. The third-order valence-corrected chi connectivity index (χ3v) is 2.45. The summed E-state index contributed by atoms with van der Waals surface area (Å²) in [6, 6.07) is 8.08. The molecule has 1 aromatic rings. The number of nitrogens with one attached hydrogen (secondary N) is 1. The Hall–Kier alpha value is -1.24. The number of guanidine groups is 1. The quantitative estimate of drug-likeness (QED) is 0.326. The normalized spacial score (nSPS) is 10.6. The molecule has 1 rings (SSSR count). The Bertz CT molecular complexity index is 446.